The van der Waals surface area contributed by atoms with Crippen molar-refractivity contribution in [3.8, 4) is 0 Å². The normalized spacial score (nSPS) is 18.1. The smallest absolute Gasteiger partial charge is 0.407 e. The first kappa shape index (κ1) is 14.8. The molecule has 1 atom stereocenters. The van der Waals surface area contributed by atoms with Crippen molar-refractivity contribution in [3.05, 3.63) is 35.9 Å². The van der Waals surface area contributed by atoms with Crippen LogP contribution < -0.4 is 5.32 Å². The molecule has 1 aliphatic heterocycles. The van der Waals surface area contributed by atoms with Crippen molar-refractivity contribution in [3.63, 3.8) is 0 Å². The molecular formula is C13H19ClN2O2. The molecule has 1 aliphatic rings. The van der Waals surface area contributed by atoms with Crippen LogP contribution in [0.5, 0.6) is 0 Å². The van der Waals surface area contributed by atoms with Crippen molar-refractivity contribution in [2.24, 2.45) is 5.92 Å². The average Bonchev–Trinajstić information content (AvgIpc) is 2.82. The van der Waals surface area contributed by atoms with Crippen LogP contribution in [0, 0.1) is 5.92 Å². The summed E-state index contributed by atoms with van der Waals surface area (Å²) in [5.74, 6) is 0.454. The van der Waals surface area contributed by atoms with Gasteiger partial charge in [0.25, 0.3) is 0 Å². The zero-order chi connectivity index (χ0) is 12.1. The molecule has 1 aromatic rings. The number of carboxylic acid groups (broad SMARTS) is 1. The summed E-state index contributed by atoms with van der Waals surface area (Å²) in [5.41, 5.74) is 1.04. The van der Waals surface area contributed by atoms with E-state index < -0.39 is 6.09 Å². The Balaban J connectivity index is 0.00000162. The number of carbonyl (C=O) groups is 1. The van der Waals surface area contributed by atoms with Crippen LogP contribution in [0.15, 0.2) is 30.3 Å². The van der Waals surface area contributed by atoms with E-state index in [-0.39, 0.29) is 12.4 Å². The zero-order valence-electron chi connectivity index (χ0n) is 10.2. The highest BCUT2D eigenvalue weighted by molar-refractivity contribution is 5.85. The van der Waals surface area contributed by atoms with E-state index >= 15 is 0 Å². The topological polar surface area (TPSA) is 52.6 Å². The van der Waals surface area contributed by atoms with Gasteiger partial charge in [0.05, 0.1) is 0 Å². The molecule has 1 heterocycles. The molecule has 0 spiro atoms. The van der Waals surface area contributed by atoms with Gasteiger partial charge in [-0.05, 0) is 31.0 Å². The van der Waals surface area contributed by atoms with Gasteiger partial charge in [0.15, 0.2) is 0 Å². The maximum Gasteiger partial charge on any atom is 0.407 e. The quantitative estimate of drug-likeness (QED) is 0.882. The fourth-order valence-corrected chi connectivity index (χ4v) is 2.20. The molecule has 2 N–H and O–H groups in total. The Morgan fingerprint density at radius 1 is 1.39 bits per heavy atom. The van der Waals surface area contributed by atoms with Crippen LogP contribution in [0.25, 0.3) is 0 Å². The molecule has 100 valence electrons. The second kappa shape index (κ2) is 7.24. The van der Waals surface area contributed by atoms with E-state index in [0.29, 0.717) is 19.0 Å². The maximum atomic E-state index is 11.2. The van der Waals surface area contributed by atoms with Crippen LogP contribution in [-0.2, 0) is 6.54 Å². The summed E-state index contributed by atoms with van der Waals surface area (Å²) in [6.45, 7) is 3.03. The largest absolute Gasteiger partial charge is 0.465 e. The third-order valence-electron chi connectivity index (χ3n) is 3.13. The lowest BCUT2D eigenvalue weighted by Crippen LogP contribution is -2.34. The minimum Gasteiger partial charge on any atom is -0.465 e. The summed E-state index contributed by atoms with van der Waals surface area (Å²) in [5, 5.41) is 12.5. The van der Waals surface area contributed by atoms with E-state index in [4.69, 9.17) is 0 Å². The lowest BCUT2D eigenvalue weighted by atomic mass is 10.1. The van der Waals surface area contributed by atoms with Crippen LogP contribution >= 0.6 is 12.4 Å². The molecule has 0 saturated carbocycles. The summed E-state index contributed by atoms with van der Waals surface area (Å²) in [4.78, 5) is 12.7. The van der Waals surface area contributed by atoms with Crippen molar-refractivity contribution in [1.82, 2.24) is 10.2 Å². The Morgan fingerprint density at radius 2 is 2.11 bits per heavy atom. The second-order valence-corrected chi connectivity index (χ2v) is 4.51. The Kier molecular flexibility index (Phi) is 5.95. The van der Waals surface area contributed by atoms with Gasteiger partial charge in [-0.3, -0.25) is 0 Å². The second-order valence-electron chi connectivity index (χ2n) is 4.51. The van der Waals surface area contributed by atoms with Gasteiger partial charge in [-0.15, -0.1) is 12.4 Å². The van der Waals surface area contributed by atoms with Crippen LogP contribution in [-0.4, -0.2) is 35.7 Å². The van der Waals surface area contributed by atoms with Crippen molar-refractivity contribution < 1.29 is 9.90 Å². The van der Waals surface area contributed by atoms with Gasteiger partial charge in [-0.2, -0.15) is 0 Å². The van der Waals surface area contributed by atoms with Crippen molar-refractivity contribution in [2.45, 2.75) is 13.0 Å². The summed E-state index contributed by atoms with van der Waals surface area (Å²) >= 11 is 0. The van der Waals surface area contributed by atoms with Gasteiger partial charge >= 0.3 is 6.09 Å². The van der Waals surface area contributed by atoms with E-state index in [1.807, 2.05) is 30.3 Å². The predicted molar refractivity (Wildman–Crippen MR) is 73.1 cm³/mol. The highest BCUT2D eigenvalue weighted by Crippen LogP contribution is 2.12. The molecule has 0 radical (unpaired) electrons. The van der Waals surface area contributed by atoms with E-state index in [1.165, 1.54) is 4.90 Å². The molecule has 1 saturated heterocycles. The first-order valence-electron chi connectivity index (χ1n) is 5.98. The molecule has 2 rings (SSSR count). The molecule has 0 bridgehead atoms. The molecule has 5 heteroatoms. The highest BCUT2D eigenvalue weighted by atomic mass is 35.5. The van der Waals surface area contributed by atoms with Crippen LogP contribution in [0.1, 0.15) is 12.0 Å². The standard InChI is InChI=1S/C13H18N2O2.ClH/c16-13(17)15(10-12-6-7-14-8-12)9-11-4-2-1-3-5-11;/h1-5,12,14H,6-10H2,(H,16,17);1H/t12-;/m1./s1. The van der Waals surface area contributed by atoms with Gasteiger partial charge in [0.1, 0.15) is 0 Å². The van der Waals surface area contributed by atoms with Crippen LogP contribution in [0.3, 0.4) is 0 Å². The van der Waals surface area contributed by atoms with Crippen molar-refractivity contribution in [2.75, 3.05) is 19.6 Å². The fraction of sp³-hybridized carbons (Fsp3) is 0.462. The molecule has 1 aromatic carbocycles. The monoisotopic (exact) mass is 270 g/mol. The van der Waals surface area contributed by atoms with Crippen molar-refractivity contribution in [1.29, 1.82) is 0 Å². The Labute approximate surface area is 113 Å². The molecule has 4 nitrogen and oxygen atoms in total. The molecule has 0 aromatic heterocycles. The van der Waals surface area contributed by atoms with Gasteiger partial charge in [0.2, 0.25) is 0 Å². The van der Waals surface area contributed by atoms with E-state index in [2.05, 4.69) is 5.32 Å². The fourth-order valence-electron chi connectivity index (χ4n) is 2.20. The molecule has 1 amide bonds. The third kappa shape index (κ3) is 4.20. The summed E-state index contributed by atoms with van der Waals surface area (Å²) in [6, 6.07) is 9.74. The highest BCUT2D eigenvalue weighted by Gasteiger charge is 2.21. The number of halogens is 1. The van der Waals surface area contributed by atoms with Gasteiger partial charge < -0.3 is 15.3 Å². The Hall–Kier alpha value is -1.26. The van der Waals surface area contributed by atoms with E-state index in [9.17, 15) is 9.90 Å². The van der Waals surface area contributed by atoms with Gasteiger partial charge in [0, 0.05) is 13.1 Å². The number of rotatable bonds is 4. The number of nitrogens with zero attached hydrogens (tertiary/aromatic N) is 1. The predicted octanol–water partition coefficient (Wildman–Crippen LogP) is 2.20. The number of hydrogen-bond acceptors (Lipinski definition) is 2. The van der Waals surface area contributed by atoms with Crippen molar-refractivity contribution >= 4 is 18.5 Å². The SMILES string of the molecule is Cl.O=C(O)N(Cc1ccccc1)C[C@@H]1CCNC1. The molecule has 0 unspecified atom stereocenters. The van der Waals surface area contributed by atoms with Gasteiger partial charge in [-0.1, -0.05) is 30.3 Å². The Bertz CT molecular complexity index is 367. The number of benzene rings is 1. The Morgan fingerprint density at radius 3 is 2.67 bits per heavy atom. The molecule has 1 fully saturated rings. The third-order valence-corrected chi connectivity index (χ3v) is 3.13. The minimum absolute atomic E-state index is 0. The van der Waals surface area contributed by atoms with Crippen LogP contribution in [0.2, 0.25) is 0 Å². The summed E-state index contributed by atoms with van der Waals surface area (Å²) in [6.07, 6.45) is 0.235. The first-order valence-corrected chi connectivity index (χ1v) is 5.98. The van der Waals surface area contributed by atoms with Crippen LogP contribution in [0.4, 0.5) is 4.79 Å². The number of nitrogens with one attached hydrogen (secondary N) is 1. The molecular weight excluding hydrogens is 252 g/mol. The lowest BCUT2D eigenvalue weighted by molar-refractivity contribution is 0.135. The molecule has 0 aliphatic carbocycles. The first-order chi connectivity index (χ1) is 8.25. The van der Waals surface area contributed by atoms with Gasteiger partial charge in [-0.25, -0.2) is 4.79 Å². The lowest BCUT2D eigenvalue weighted by Gasteiger charge is -2.22. The van der Waals surface area contributed by atoms with E-state index in [0.717, 1.165) is 25.1 Å². The molecule has 18 heavy (non-hydrogen) atoms. The zero-order valence-corrected chi connectivity index (χ0v) is 11.0. The number of hydrogen-bond donors (Lipinski definition) is 2. The number of amides is 1. The van der Waals surface area contributed by atoms with E-state index in [1.54, 1.807) is 0 Å². The summed E-state index contributed by atoms with van der Waals surface area (Å²) < 4.78 is 0. The minimum atomic E-state index is -0.833. The summed E-state index contributed by atoms with van der Waals surface area (Å²) in [7, 11) is 0. The average molecular weight is 271 g/mol. The maximum absolute atomic E-state index is 11.2.